The van der Waals surface area contributed by atoms with Crippen LogP contribution in [0.1, 0.15) is 21.7 Å². The van der Waals surface area contributed by atoms with Crippen LogP contribution in [-0.2, 0) is 9.53 Å². The first kappa shape index (κ1) is 20.9. The minimum absolute atomic E-state index is 0.152. The summed E-state index contributed by atoms with van der Waals surface area (Å²) in [6.07, 6.45) is -4.60. The summed E-state index contributed by atoms with van der Waals surface area (Å²) in [5, 5.41) is 7.39. The van der Waals surface area contributed by atoms with Gasteiger partial charge < -0.3 is 10.1 Å². The van der Waals surface area contributed by atoms with Gasteiger partial charge in [-0.2, -0.15) is 18.3 Å². The van der Waals surface area contributed by atoms with Crippen molar-refractivity contribution in [2.24, 2.45) is 0 Å². The van der Waals surface area contributed by atoms with Gasteiger partial charge in [0.1, 0.15) is 6.54 Å². The maximum atomic E-state index is 12.0. The molecule has 0 bridgehead atoms. The second-order valence-corrected chi connectivity index (χ2v) is 5.81. The number of ether oxygens (including phenoxy) is 1. The molecule has 0 atom stereocenters. The minimum Gasteiger partial charge on any atom is -0.452 e. The highest BCUT2D eigenvalue weighted by atomic mass is 19.4. The van der Waals surface area contributed by atoms with E-state index < -0.39 is 37.2 Å². The van der Waals surface area contributed by atoms with Crippen LogP contribution >= 0.6 is 0 Å². The molecular weight excluding hydrogens is 381 g/mol. The van der Waals surface area contributed by atoms with Crippen LogP contribution in [-0.4, -0.2) is 47.0 Å². The van der Waals surface area contributed by atoms with Gasteiger partial charge in [-0.25, -0.2) is 14.3 Å². The lowest BCUT2D eigenvalue weighted by molar-refractivity contribution is -0.125. The maximum Gasteiger partial charge on any atom is 0.405 e. The highest BCUT2D eigenvalue weighted by Gasteiger charge is 2.28. The topological polar surface area (TPSA) is 102 Å². The van der Waals surface area contributed by atoms with Gasteiger partial charge in [-0.05, 0) is 44.2 Å². The van der Waals surface area contributed by atoms with Crippen molar-refractivity contribution in [3.8, 4) is 5.69 Å². The van der Waals surface area contributed by atoms with Gasteiger partial charge in [0.15, 0.2) is 6.61 Å². The van der Waals surface area contributed by atoms with Crippen LogP contribution in [0.25, 0.3) is 5.69 Å². The van der Waals surface area contributed by atoms with Crippen LogP contribution in [0.2, 0.25) is 0 Å². The van der Waals surface area contributed by atoms with Gasteiger partial charge in [0.25, 0.3) is 5.91 Å². The van der Waals surface area contributed by atoms with E-state index in [-0.39, 0.29) is 5.56 Å². The molecule has 8 nitrogen and oxygen atoms in total. The molecule has 1 aromatic heterocycles. The number of imide groups is 1. The third kappa shape index (κ3) is 6.11. The molecule has 0 aliphatic rings. The third-order valence-electron chi connectivity index (χ3n) is 3.39. The number of nitrogens with zero attached hydrogens (tertiary/aromatic N) is 2. The lowest BCUT2D eigenvalue weighted by Gasteiger charge is -2.09. The Bertz CT molecular complexity index is 876. The van der Waals surface area contributed by atoms with Gasteiger partial charge in [0, 0.05) is 5.69 Å². The number of carbonyl (C=O) groups is 3. The van der Waals surface area contributed by atoms with E-state index in [9.17, 15) is 27.6 Å². The second kappa shape index (κ2) is 8.55. The molecule has 0 radical (unpaired) electrons. The molecule has 0 unspecified atom stereocenters. The number of urea groups is 1. The van der Waals surface area contributed by atoms with E-state index in [4.69, 9.17) is 4.74 Å². The number of hydrogen-bond donors (Lipinski definition) is 2. The largest absolute Gasteiger partial charge is 0.452 e. The van der Waals surface area contributed by atoms with Gasteiger partial charge in [-0.15, -0.1) is 0 Å². The van der Waals surface area contributed by atoms with E-state index in [0.717, 1.165) is 17.1 Å². The molecule has 0 aliphatic heterocycles. The Morgan fingerprint density at radius 2 is 1.79 bits per heavy atom. The highest BCUT2D eigenvalue weighted by molar-refractivity contribution is 5.97. The molecule has 0 spiro atoms. The molecule has 3 amide bonds. The Morgan fingerprint density at radius 1 is 1.14 bits per heavy atom. The average Bonchev–Trinajstić information content (AvgIpc) is 2.95. The zero-order valence-corrected chi connectivity index (χ0v) is 15.0. The number of esters is 1. The van der Waals surface area contributed by atoms with E-state index in [1.165, 1.54) is 17.4 Å². The first-order chi connectivity index (χ1) is 13.0. The van der Waals surface area contributed by atoms with Crippen LogP contribution in [0, 0.1) is 13.8 Å². The molecule has 150 valence electrons. The standard InChI is InChI=1S/C17H17F3N4O4/c1-10-7-11(2)24(23-10)13-5-3-12(4-6-13)15(26)28-8-14(25)22-16(27)21-9-17(18,19)20/h3-7H,8-9H2,1-2H3,(H2,21,22,25,27). The number of hydrogen-bond acceptors (Lipinski definition) is 5. The SMILES string of the molecule is Cc1cc(C)n(-c2ccc(C(=O)OCC(=O)NC(=O)NCC(F)(F)F)cc2)n1. The molecular formula is C17H17F3N4O4. The summed E-state index contributed by atoms with van der Waals surface area (Å²) < 4.78 is 42.3. The number of halogens is 3. The van der Waals surface area contributed by atoms with Crippen LogP contribution in [0.5, 0.6) is 0 Å². The van der Waals surface area contributed by atoms with Crippen molar-refractivity contribution >= 4 is 17.9 Å². The summed E-state index contributed by atoms with van der Waals surface area (Å²) >= 11 is 0. The number of aryl methyl sites for hydroxylation is 2. The van der Waals surface area contributed by atoms with Crippen molar-refractivity contribution in [3.63, 3.8) is 0 Å². The number of aromatic nitrogens is 2. The summed E-state index contributed by atoms with van der Waals surface area (Å²) in [5.74, 6) is -1.89. The molecule has 11 heteroatoms. The molecule has 2 rings (SSSR count). The van der Waals surface area contributed by atoms with Gasteiger partial charge >= 0.3 is 18.2 Å². The number of benzene rings is 1. The fourth-order valence-corrected chi connectivity index (χ4v) is 2.23. The summed E-state index contributed by atoms with van der Waals surface area (Å²) in [5.41, 5.74) is 2.63. The molecule has 0 saturated carbocycles. The van der Waals surface area contributed by atoms with Gasteiger partial charge in [0.05, 0.1) is 16.9 Å². The molecule has 2 N–H and O–H groups in total. The Balaban J connectivity index is 1.85. The second-order valence-electron chi connectivity index (χ2n) is 5.81. The molecule has 0 fully saturated rings. The summed E-state index contributed by atoms with van der Waals surface area (Å²) in [6, 6.07) is 6.78. The first-order valence-electron chi connectivity index (χ1n) is 8.00. The molecule has 1 aromatic carbocycles. The first-order valence-corrected chi connectivity index (χ1v) is 8.00. The third-order valence-corrected chi connectivity index (χ3v) is 3.39. The normalized spacial score (nSPS) is 11.0. The molecule has 2 aromatic rings. The van der Waals surface area contributed by atoms with E-state index in [0.29, 0.717) is 0 Å². The minimum atomic E-state index is -4.60. The number of rotatable bonds is 5. The van der Waals surface area contributed by atoms with Crippen molar-refractivity contribution in [2.45, 2.75) is 20.0 Å². The van der Waals surface area contributed by atoms with Crippen LogP contribution in [0.3, 0.4) is 0 Å². The predicted octanol–water partition coefficient (Wildman–Crippen LogP) is 2.03. The zero-order valence-electron chi connectivity index (χ0n) is 15.0. The lowest BCUT2D eigenvalue weighted by atomic mass is 10.2. The number of nitrogens with one attached hydrogen (secondary N) is 2. The Labute approximate surface area is 157 Å². The van der Waals surface area contributed by atoms with Crippen LogP contribution in [0.15, 0.2) is 30.3 Å². The van der Waals surface area contributed by atoms with E-state index in [1.54, 1.807) is 22.1 Å². The van der Waals surface area contributed by atoms with Crippen LogP contribution < -0.4 is 10.6 Å². The number of carbonyl (C=O) groups excluding carboxylic acids is 3. The molecule has 0 aliphatic carbocycles. The fourth-order valence-electron chi connectivity index (χ4n) is 2.23. The molecule has 0 saturated heterocycles. The fraction of sp³-hybridized carbons (Fsp3) is 0.294. The Morgan fingerprint density at radius 3 is 2.32 bits per heavy atom. The maximum absolute atomic E-state index is 12.0. The smallest absolute Gasteiger partial charge is 0.405 e. The monoisotopic (exact) mass is 398 g/mol. The lowest BCUT2D eigenvalue weighted by Crippen LogP contribution is -2.44. The molecule has 1 heterocycles. The summed E-state index contributed by atoms with van der Waals surface area (Å²) in [4.78, 5) is 34.5. The quantitative estimate of drug-likeness (QED) is 0.751. The van der Waals surface area contributed by atoms with Crippen molar-refractivity contribution in [2.75, 3.05) is 13.2 Å². The predicted molar refractivity (Wildman–Crippen MR) is 90.9 cm³/mol. The molecule has 28 heavy (non-hydrogen) atoms. The Hall–Kier alpha value is -3.37. The van der Waals surface area contributed by atoms with Crippen molar-refractivity contribution in [1.82, 2.24) is 20.4 Å². The number of amides is 3. The van der Waals surface area contributed by atoms with Gasteiger partial charge in [-0.3, -0.25) is 10.1 Å². The summed E-state index contributed by atoms with van der Waals surface area (Å²) in [7, 11) is 0. The number of alkyl halides is 3. The van der Waals surface area contributed by atoms with Gasteiger partial charge in [-0.1, -0.05) is 0 Å². The van der Waals surface area contributed by atoms with Crippen molar-refractivity contribution in [3.05, 3.63) is 47.3 Å². The van der Waals surface area contributed by atoms with E-state index in [2.05, 4.69) is 5.10 Å². The average molecular weight is 398 g/mol. The zero-order chi connectivity index (χ0) is 20.9. The van der Waals surface area contributed by atoms with E-state index in [1.807, 2.05) is 19.9 Å². The highest BCUT2D eigenvalue weighted by Crippen LogP contribution is 2.14. The Kier molecular flexibility index (Phi) is 6.39. The van der Waals surface area contributed by atoms with Crippen LogP contribution in [0.4, 0.5) is 18.0 Å². The van der Waals surface area contributed by atoms with Gasteiger partial charge in [0.2, 0.25) is 0 Å². The summed E-state index contributed by atoms with van der Waals surface area (Å²) in [6.45, 7) is 1.32. The van der Waals surface area contributed by atoms with E-state index >= 15 is 0 Å². The van der Waals surface area contributed by atoms with Crippen molar-refractivity contribution in [1.29, 1.82) is 0 Å². The van der Waals surface area contributed by atoms with Crippen molar-refractivity contribution < 1.29 is 32.3 Å².